The van der Waals surface area contributed by atoms with Crippen LogP contribution in [0, 0.1) is 5.92 Å². The molecular formula is C24H32O6. The van der Waals surface area contributed by atoms with Crippen LogP contribution in [0.3, 0.4) is 0 Å². The summed E-state index contributed by atoms with van der Waals surface area (Å²) in [5.74, 6) is -1.46. The quantitative estimate of drug-likeness (QED) is 0.296. The summed E-state index contributed by atoms with van der Waals surface area (Å²) in [6.45, 7) is 9.34. The van der Waals surface area contributed by atoms with E-state index in [1.54, 1.807) is 6.92 Å². The van der Waals surface area contributed by atoms with Crippen LogP contribution in [0.15, 0.2) is 26.9 Å². The van der Waals surface area contributed by atoms with Crippen molar-refractivity contribution in [2.24, 2.45) is 5.92 Å². The fourth-order valence-electron chi connectivity index (χ4n) is 3.43. The molecule has 3 N–H and O–H groups in total. The summed E-state index contributed by atoms with van der Waals surface area (Å²) >= 11 is 0. The first kappa shape index (κ1) is 23.7. The van der Waals surface area contributed by atoms with Gasteiger partial charge in [-0.3, -0.25) is 4.79 Å². The lowest BCUT2D eigenvalue weighted by atomic mass is 9.89. The molecule has 164 valence electrons. The molecule has 0 bridgehead atoms. The molecule has 0 aliphatic carbocycles. The maximum absolute atomic E-state index is 13.1. The number of carbonyl (C=O) groups is 1. The number of unbranched alkanes of at least 4 members (excludes halogenated alkanes) is 1. The second-order valence-electron chi connectivity index (χ2n) is 8.09. The van der Waals surface area contributed by atoms with Crippen molar-refractivity contribution in [2.75, 3.05) is 0 Å². The van der Waals surface area contributed by atoms with Gasteiger partial charge >= 0.3 is 5.63 Å². The van der Waals surface area contributed by atoms with E-state index in [9.17, 15) is 24.9 Å². The lowest BCUT2D eigenvalue weighted by molar-refractivity contribution is 0.0924. The van der Waals surface area contributed by atoms with Gasteiger partial charge in [0.05, 0.1) is 11.5 Å². The number of hydrogen-bond donors (Lipinski definition) is 3. The molecule has 2 rings (SSSR count). The fourth-order valence-corrected chi connectivity index (χ4v) is 3.43. The van der Waals surface area contributed by atoms with Gasteiger partial charge in [-0.1, -0.05) is 45.3 Å². The summed E-state index contributed by atoms with van der Waals surface area (Å²) in [7, 11) is 0. The molecule has 1 aromatic heterocycles. The molecule has 0 aliphatic rings. The molecule has 1 aromatic carbocycles. The van der Waals surface area contributed by atoms with Crippen molar-refractivity contribution in [3.8, 4) is 11.5 Å². The van der Waals surface area contributed by atoms with E-state index in [1.807, 2.05) is 33.8 Å². The Balaban J connectivity index is 2.95. The average Bonchev–Trinajstić information content (AvgIpc) is 2.70. The van der Waals surface area contributed by atoms with Crippen LogP contribution >= 0.6 is 0 Å². The number of aliphatic hydroxyl groups is 1. The molecule has 6 nitrogen and oxygen atoms in total. The molecule has 6 heteroatoms. The number of hydrogen-bond acceptors (Lipinski definition) is 6. The number of benzene rings is 1. The van der Waals surface area contributed by atoms with E-state index in [-0.39, 0.29) is 51.4 Å². The predicted octanol–water partition coefficient (Wildman–Crippen LogP) is 5.17. The van der Waals surface area contributed by atoms with Crippen molar-refractivity contribution < 1.29 is 24.5 Å². The molecule has 30 heavy (non-hydrogen) atoms. The summed E-state index contributed by atoms with van der Waals surface area (Å²) in [4.78, 5) is 25.4. The van der Waals surface area contributed by atoms with Gasteiger partial charge in [0.2, 0.25) is 0 Å². The molecule has 0 aliphatic heterocycles. The van der Waals surface area contributed by atoms with Gasteiger partial charge in [0.25, 0.3) is 0 Å². The van der Waals surface area contributed by atoms with Crippen LogP contribution in [0.5, 0.6) is 11.5 Å². The molecule has 2 atom stereocenters. The third-order valence-corrected chi connectivity index (χ3v) is 5.48. The van der Waals surface area contributed by atoms with Crippen LogP contribution in [0.25, 0.3) is 11.0 Å². The first-order valence-electron chi connectivity index (χ1n) is 10.5. The Morgan fingerprint density at radius 1 is 1.20 bits per heavy atom. The fraction of sp³-hybridized carbons (Fsp3) is 0.500. The highest BCUT2D eigenvalue weighted by Crippen LogP contribution is 2.44. The molecule has 0 fully saturated rings. The lowest BCUT2D eigenvalue weighted by Crippen LogP contribution is -2.14. The molecule has 0 saturated heterocycles. The Bertz CT molecular complexity index is 1010. The van der Waals surface area contributed by atoms with E-state index >= 15 is 0 Å². The Morgan fingerprint density at radius 2 is 1.87 bits per heavy atom. The van der Waals surface area contributed by atoms with Gasteiger partial charge in [-0.15, -0.1) is 0 Å². The van der Waals surface area contributed by atoms with Crippen molar-refractivity contribution in [1.82, 2.24) is 0 Å². The maximum atomic E-state index is 13.1. The zero-order valence-electron chi connectivity index (χ0n) is 18.4. The van der Waals surface area contributed by atoms with Gasteiger partial charge in [-0.25, -0.2) is 4.79 Å². The first-order valence-corrected chi connectivity index (χ1v) is 10.5. The normalized spacial score (nSPS) is 13.3. The Kier molecular flexibility index (Phi) is 7.84. The zero-order valence-corrected chi connectivity index (χ0v) is 18.4. The predicted molar refractivity (Wildman–Crippen MR) is 117 cm³/mol. The number of phenols is 2. The Morgan fingerprint density at radius 3 is 2.43 bits per heavy atom. The van der Waals surface area contributed by atoms with E-state index in [2.05, 4.69) is 0 Å². The molecular weight excluding hydrogens is 384 g/mol. The molecule has 0 radical (unpaired) electrons. The number of phenolic OH excluding ortho intramolecular Hbond substituents is 2. The van der Waals surface area contributed by atoms with E-state index in [0.29, 0.717) is 12.8 Å². The number of allylic oxidation sites excluding steroid dienone is 2. The van der Waals surface area contributed by atoms with Crippen LogP contribution in [-0.2, 0) is 6.42 Å². The van der Waals surface area contributed by atoms with E-state index < -0.39 is 17.6 Å². The van der Waals surface area contributed by atoms with Gasteiger partial charge in [-0.05, 0) is 33.1 Å². The lowest BCUT2D eigenvalue weighted by Gasteiger charge is -2.19. The number of Topliss-reactive ketones (excluding diaryl/α,β-unsaturated/α-hetero) is 1. The number of carbonyl (C=O) groups excluding carboxylic acids is 1. The SMILES string of the molecule is CCCC[C@H](O)c1cc(=O)oc2c(C(=O)C(C)CC)c(O)c(CC=C(C)C)c(O)c12. The summed E-state index contributed by atoms with van der Waals surface area (Å²) in [5, 5.41) is 32.8. The second kappa shape index (κ2) is 9.94. The van der Waals surface area contributed by atoms with Gasteiger partial charge in [-0.2, -0.15) is 0 Å². The molecule has 0 spiro atoms. The third kappa shape index (κ3) is 4.75. The summed E-state index contributed by atoms with van der Waals surface area (Å²) in [6.07, 6.45) is 3.53. The Labute approximate surface area is 176 Å². The van der Waals surface area contributed by atoms with Crippen LogP contribution in [0.4, 0.5) is 0 Å². The van der Waals surface area contributed by atoms with Crippen LogP contribution < -0.4 is 5.63 Å². The summed E-state index contributed by atoms with van der Waals surface area (Å²) in [5.41, 5.74) is 0.329. The van der Waals surface area contributed by atoms with Crippen molar-refractivity contribution in [2.45, 2.75) is 72.8 Å². The number of aromatic hydroxyl groups is 2. The van der Waals surface area contributed by atoms with Crippen molar-refractivity contribution >= 4 is 16.8 Å². The van der Waals surface area contributed by atoms with Gasteiger partial charge in [0.15, 0.2) is 11.4 Å². The monoisotopic (exact) mass is 416 g/mol. The highest BCUT2D eigenvalue weighted by Gasteiger charge is 2.30. The number of aliphatic hydroxyl groups excluding tert-OH is 1. The molecule has 1 unspecified atom stereocenters. The highest BCUT2D eigenvalue weighted by molar-refractivity contribution is 6.12. The largest absolute Gasteiger partial charge is 0.507 e. The smallest absolute Gasteiger partial charge is 0.336 e. The second-order valence-corrected chi connectivity index (χ2v) is 8.09. The highest BCUT2D eigenvalue weighted by atomic mass is 16.4. The minimum absolute atomic E-state index is 0.111. The third-order valence-electron chi connectivity index (χ3n) is 5.48. The Hall–Kier alpha value is -2.60. The molecule has 1 heterocycles. The number of rotatable bonds is 9. The van der Waals surface area contributed by atoms with Gasteiger partial charge in [0.1, 0.15) is 17.1 Å². The topological polar surface area (TPSA) is 108 Å². The van der Waals surface area contributed by atoms with Crippen LogP contribution in [0.2, 0.25) is 0 Å². The molecule has 0 saturated carbocycles. The van der Waals surface area contributed by atoms with Crippen molar-refractivity contribution in [3.63, 3.8) is 0 Å². The number of fused-ring (bicyclic) bond motifs is 1. The van der Waals surface area contributed by atoms with Crippen LogP contribution in [-0.4, -0.2) is 21.1 Å². The molecule has 0 amide bonds. The van der Waals surface area contributed by atoms with Gasteiger partial charge in [0, 0.05) is 23.1 Å². The summed E-state index contributed by atoms with van der Waals surface area (Å²) < 4.78 is 5.32. The van der Waals surface area contributed by atoms with Crippen LogP contribution in [0.1, 0.15) is 87.9 Å². The van der Waals surface area contributed by atoms with E-state index in [1.165, 1.54) is 0 Å². The van der Waals surface area contributed by atoms with Crippen molar-refractivity contribution in [1.29, 1.82) is 0 Å². The standard InChI is InChI=1S/C24H32O6/c1-6-8-9-17(25)16-12-18(26)30-24-19(16)22(28)15(11-10-13(3)4)23(29)20(24)21(27)14(5)7-2/h10,12,14,17,25,28-29H,6-9,11H2,1-5H3/t14?,17-/m0/s1. The molecule has 2 aromatic rings. The summed E-state index contributed by atoms with van der Waals surface area (Å²) in [6, 6.07) is 1.15. The van der Waals surface area contributed by atoms with Crippen molar-refractivity contribution in [3.05, 3.63) is 44.8 Å². The minimum atomic E-state index is -1.00. The van der Waals surface area contributed by atoms with E-state index in [4.69, 9.17) is 4.42 Å². The van der Waals surface area contributed by atoms with E-state index in [0.717, 1.165) is 24.5 Å². The number of ketones is 1. The first-order chi connectivity index (χ1) is 14.1. The average molecular weight is 417 g/mol. The van der Waals surface area contributed by atoms with Gasteiger partial charge < -0.3 is 19.7 Å². The minimum Gasteiger partial charge on any atom is -0.507 e. The zero-order chi connectivity index (χ0) is 22.6. The maximum Gasteiger partial charge on any atom is 0.336 e.